The molecule has 0 atom stereocenters. The molecule has 0 fully saturated rings. The summed E-state index contributed by atoms with van der Waals surface area (Å²) in [7, 11) is -4.38. The lowest BCUT2D eigenvalue weighted by Crippen LogP contribution is -2.13. The molecule has 0 aliphatic heterocycles. The van der Waals surface area contributed by atoms with Crippen molar-refractivity contribution in [2.24, 2.45) is 0 Å². The van der Waals surface area contributed by atoms with Crippen molar-refractivity contribution < 1.29 is 31.4 Å². The van der Waals surface area contributed by atoms with Crippen molar-refractivity contribution in [1.29, 1.82) is 0 Å². The van der Waals surface area contributed by atoms with Gasteiger partial charge in [-0.05, 0) is 6.42 Å². The highest BCUT2D eigenvalue weighted by atomic mass is 32.3. The van der Waals surface area contributed by atoms with Crippen LogP contribution in [0.15, 0.2) is 0 Å². The van der Waals surface area contributed by atoms with Crippen molar-refractivity contribution in [2.75, 3.05) is 46.2 Å². The second-order valence-corrected chi connectivity index (χ2v) is 8.07. The minimum atomic E-state index is -4.38. The quantitative estimate of drug-likeness (QED) is 0.189. The Balaban J connectivity index is 3.03. The van der Waals surface area contributed by atoms with Crippen LogP contribution >= 0.6 is 0 Å². The van der Waals surface area contributed by atoms with Gasteiger partial charge in [0.1, 0.15) is 0 Å². The Bertz CT molecular complexity index is 401. The predicted molar refractivity (Wildman–Crippen MR) is 111 cm³/mol. The third-order valence-electron chi connectivity index (χ3n) is 4.35. The highest BCUT2D eigenvalue weighted by molar-refractivity contribution is 7.80. The normalized spacial score (nSPS) is 11.9. The number of rotatable bonds is 23. The van der Waals surface area contributed by atoms with Crippen LogP contribution in [0.25, 0.3) is 0 Å². The molecule has 0 aliphatic rings. The molecule has 0 aromatic rings. The number of unbranched alkanes of at least 4 members (excludes halogenated alkanes) is 11. The Labute approximate surface area is 172 Å². The fraction of sp³-hybridized carbons (Fsp3) is 1.00. The molecular formula is C20H42O7S. The second kappa shape index (κ2) is 21.5. The zero-order valence-electron chi connectivity index (χ0n) is 17.7. The van der Waals surface area contributed by atoms with Gasteiger partial charge in [0.25, 0.3) is 0 Å². The lowest BCUT2D eigenvalue weighted by molar-refractivity contribution is 0.00854. The number of ether oxygens (including phenoxy) is 3. The monoisotopic (exact) mass is 426 g/mol. The van der Waals surface area contributed by atoms with E-state index in [2.05, 4.69) is 11.1 Å². The summed E-state index contributed by atoms with van der Waals surface area (Å²) in [4.78, 5) is 0. The first-order valence-electron chi connectivity index (χ1n) is 10.9. The van der Waals surface area contributed by atoms with Crippen LogP contribution < -0.4 is 0 Å². The molecule has 7 nitrogen and oxygen atoms in total. The van der Waals surface area contributed by atoms with Gasteiger partial charge >= 0.3 is 10.4 Å². The van der Waals surface area contributed by atoms with E-state index in [1.807, 2.05) is 0 Å². The van der Waals surface area contributed by atoms with E-state index in [1.54, 1.807) is 0 Å². The van der Waals surface area contributed by atoms with Gasteiger partial charge in [0.15, 0.2) is 0 Å². The Morgan fingerprint density at radius 2 is 0.893 bits per heavy atom. The summed E-state index contributed by atoms with van der Waals surface area (Å²) in [5.41, 5.74) is 0. The summed E-state index contributed by atoms with van der Waals surface area (Å²) in [6, 6.07) is 0. The first-order valence-corrected chi connectivity index (χ1v) is 12.3. The largest absolute Gasteiger partial charge is 0.397 e. The average molecular weight is 427 g/mol. The molecule has 0 aromatic heterocycles. The van der Waals surface area contributed by atoms with E-state index in [4.69, 9.17) is 18.8 Å². The Kier molecular flexibility index (Phi) is 21.3. The van der Waals surface area contributed by atoms with Crippen molar-refractivity contribution in [2.45, 2.75) is 84.0 Å². The van der Waals surface area contributed by atoms with Crippen molar-refractivity contribution in [1.82, 2.24) is 0 Å². The van der Waals surface area contributed by atoms with Crippen LogP contribution in [0.1, 0.15) is 84.0 Å². The van der Waals surface area contributed by atoms with Crippen molar-refractivity contribution in [3.8, 4) is 0 Å². The molecule has 0 bridgehead atoms. The first-order chi connectivity index (χ1) is 13.6. The molecule has 28 heavy (non-hydrogen) atoms. The lowest BCUT2D eigenvalue weighted by atomic mass is 10.1. The van der Waals surface area contributed by atoms with Crippen LogP contribution in [-0.2, 0) is 28.8 Å². The molecule has 8 heteroatoms. The third kappa shape index (κ3) is 25.8. The van der Waals surface area contributed by atoms with Crippen LogP contribution in [0.2, 0.25) is 0 Å². The molecule has 0 saturated carbocycles. The smallest absolute Gasteiger partial charge is 0.379 e. The zero-order chi connectivity index (χ0) is 20.8. The van der Waals surface area contributed by atoms with E-state index in [-0.39, 0.29) is 13.2 Å². The molecule has 0 saturated heterocycles. The Morgan fingerprint density at radius 3 is 1.32 bits per heavy atom. The molecule has 0 spiro atoms. The number of hydrogen-bond acceptors (Lipinski definition) is 6. The van der Waals surface area contributed by atoms with Crippen LogP contribution in [0.5, 0.6) is 0 Å². The molecule has 0 aliphatic carbocycles. The van der Waals surface area contributed by atoms with Gasteiger partial charge in [0.2, 0.25) is 0 Å². The maximum Gasteiger partial charge on any atom is 0.397 e. The Morgan fingerprint density at radius 1 is 0.536 bits per heavy atom. The highest BCUT2D eigenvalue weighted by Crippen LogP contribution is 2.11. The topological polar surface area (TPSA) is 91.3 Å². The summed E-state index contributed by atoms with van der Waals surface area (Å²) >= 11 is 0. The van der Waals surface area contributed by atoms with Crippen molar-refractivity contribution in [3.05, 3.63) is 0 Å². The molecule has 0 aromatic carbocycles. The molecular weight excluding hydrogens is 384 g/mol. The first kappa shape index (κ1) is 27.8. The summed E-state index contributed by atoms with van der Waals surface area (Å²) < 4.78 is 49.0. The summed E-state index contributed by atoms with van der Waals surface area (Å²) in [5, 5.41) is 0. The van der Waals surface area contributed by atoms with E-state index >= 15 is 0 Å². The summed E-state index contributed by atoms with van der Waals surface area (Å²) in [5.74, 6) is 0. The zero-order valence-corrected chi connectivity index (χ0v) is 18.6. The van der Waals surface area contributed by atoms with Gasteiger partial charge in [-0.3, -0.25) is 4.55 Å². The molecule has 0 heterocycles. The molecule has 0 rings (SSSR count). The van der Waals surface area contributed by atoms with Gasteiger partial charge in [-0.1, -0.05) is 77.6 Å². The second-order valence-electron chi connectivity index (χ2n) is 6.98. The lowest BCUT2D eigenvalue weighted by Gasteiger charge is -2.07. The summed E-state index contributed by atoms with van der Waals surface area (Å²) in [6.45, 7) is 4.76. The van der Waals surface area contributed by atoms with Gasteiger partial charge in [-0.2, -0.15) is 8.42 Å². The van der Waals surface area contributed by atoms with Crippen LogP contribution in [0.4, 0.5) is 0 Å². The molecule has 0 radical (unpaired) electrons. The Hall–Kier alpha value is -0.250. The fourth-order valence-corrected chi connectivity index (χ4v) is 3.06. The van der Waals surface area contributed by atoms with E-state index in [1.165, 1.54) is 70.6 Å². The van der Waals surface area contributed by atoms with E-state index in [0.29, 0.717) is 26.4 Å². The van der Waals surface area contributed by atoms with E-state index in [0.717, 1.165) is 13.0 Å². The van der Waals surface area contributed by atoms with Gasteiger partial charge in [0.05, 0.1) is 39.6 Å². The molecule has 1 N–H and O–H groups in total. The minimum Gasteiger partial charge on any atom is -0.379 e. The summed E-state index contributed by atoms with van der Waals surface area (Å²) in [6.07, 6.45) is 16.1. The van der Waals surface area contributed by atoms with Crippen molar-refractivity contribution in [3.63, 3.8) is 0 Å². The van der Waals surface area contributed by atoms with E-state index < -0.39 is 10.4 Å². The predicted octanol–water partition coefficient (Wildman–Crippen LogP) is 4.56. The number of hydrogen-bond donors (Lipinski definition) is 1. The van der Waals surface area contributed by atoms with E-state index in [9.17, 15) is 8.42 Å². The standard InChI is InChI=1S/C20H42O7S/c1-2-3-4-5-6-7-8-9-10-11-12-13-14-24-15-16-25-17-18-26-19-20-27-28(21,22)23/h2-20H2,1H3,(H,21,22,23). The maximum atomic E-state index is 10.3. The van der Waals surface area contributed by atoms with Gasteiger partial charge < -0.3 is 14.2 Å². The van der Waals surface area contributed by atoms with Crippen LogP contribution in [0, 0.1) is 0 Å². The van der Waals surface area contributed by atoms with Gasteiger partial charge in [-0.25, -0.2) is 4.18 Å². The molecule has 0 amide bonds. The highest BCUT2D eigenvalue weighted by Gasteiger charge is 2.02. The minimum absolute atomic E-state index is 0.0820. The SMILES string of the molecule is CCCCCCCCCCCCCCOCCOCCOCCOS(=O)(=O)O. The average Bonchev–Trinajstić information content (AvgIpc) is 2.65. The fourth-order valence-electron chi connectivity index (χ4n) is 2.79. The maximum absolute atomic E-state index is 10.3. The van der Waals surface area contributed by atoms with Gasteiger partial charge in [-0.15, -0.1) is 0 Å². The van der Waals surface area contributed by atoms with Crippen molar-refractivity contribution >= 4 is 10.4 Å². The van der Waals surface area contributed by atoms with Crippen LogP contribution in [-0.4, -0.2) is 59.2 Å². The van der Waals surface area contributed by atoms with Gasteiger partial charge in [0, 0.05) is 6.61 Å². The third-order valence-corrected chi connectivity index (χ3v) is 4.81. The molecule has 170 valence electrons. The molecule has 0 unspecified atom stereocenters. The van der Waals surface area contributed by atoms with Crippen LogP contribution in [0.3, 0.4) is 0 Å².